The molecule has 0 saturated heterocycles. The molecule has 0 fully saturated rings. The van der Waals surface area contributed by atoms with Gasteiger partial charge < -0.3 is 19.9 Å². The van der Waals surface area contributed by atoms with Crippen molar-refractivity contribution in [3.63, 3.8) is 0 Å². The Kier molecular flexibility index (Phi) is 5.54. The van der Waals surface area contributed by atoms with Gasteiger partial charge >= 0.3 is 0 Å². The number of carbonyl (C=O) groups excluding carboxylic acids is 1. The zero-order valence-corrected chi connectivity index (χ0v) is 13.8. The van der Waals surface area contributed by atoms with Gasteiger partial charge in [0.05, 0.1) is 6.61 Å². The van der Waals surface area contributed by atoms with Crippen LogP contribution in [0.2, 0.25) is 0 Å². The minimum atomic E-state index is -1.51. The molecule has 0 aromatic heterocycles. The minimum absolute atomic E-state index is 0.0589. The van der Waals surface area contributed by atoms with Crippen molar-refractivity contribution in [3.8, 4) is 5.75 Å². The topological polar surface area (TPSA) is 67.8 Å². The van der Waals surface area contributed by atoms with Crippen LogP contribution in [0.3, 0.4) is 0 Å². The van der Waals surface area contributed by atoms with E-state index in [0.29, 0.717) is 11.3 Å². The van der Waals surface area contributed by atoms with E-state index in [-0.39, 0.29) is 17.9 Å². The van der Waals surface area contributed by atoms with Crippen molar-refractivity contribution >= 4 is 11.6 Å². The third-order valence-corrected chi connectivity index (χ3v) is 3.87. The number of phenols is 1. The van der Waals surface area contributed by atoms with E-state index in [2.05, 4.69) is 5.32 Å². The summed E-state index contributed by atoms with van der Waals surface area (Å²) in [6.45, 7) is 1.70. The Morgan fingerprint density at radius 3 is 2.58 bits per heavy atom. The van der Waals surface area contributed by atoms with Gasteiger partial charge in [0.15, 0.2) is 5.60 Å². The second-order valence-electron chi connectivity index (χ2n) is 5.45. The second kappa shape index (κ2) is 7.42. The van der Waals surface area contributed by atoms with E-state index < -0.39 is 17.3 Å². The SMILES string of the molecule is COCc1cc(O)ccc1NC(=O)[C@@](C)(OC)c1ccccc1F. The molecule has 0 aliphatic rings. The van der Waals surface area contributed by atoms with Gasteiger partial charge in [-0.05, 0) is 31.2 Å². The van der Waals surface area contributed by atoms with E-state index in [1.54, 1.807) is 18.2 Å². The molecular weight excluding hydrogens is 313 g/mol. The fourth-order valence-corrected chi connectivity index (χ4v) is 2.39. The lowest BCUT2D eigenvalue weighted by molar-refractivity contribution is -0.137. The number of halogens is 1. The van der Waals surface area contributed by atoms with Gasteiger partial charge in [-0.2, -0.15) is 0 Å². The molecule has 0 spiro atoms. The van der Waals surface area contributed by atoms with E-state index in [0.717, 1.165) is 0 Å². The number of ether oxygens (including phenoxy) is 2. The number of aromatic hydroxyl groups is 1. The number of anilines is 1. The van der Waals surface area contributed by atoms with Crippen LogP contribution in [0.4, 0.5) is 10.1 Å². The molecule has 0 bridgehead atoms. The molecule has 2 N–H and O–H groups in total. The van der Waals surface area contributed by atoms with Gasteiger partial charge in [0.1, 0.15) is 11.6 Å². The molecule has 0 aliphatic carbocycles. The van der Waals surface area contributed by atoms with Gasteiger partial charge in [-0.3, -0.25) is 4.79 Å². The molecule has 0 saturated carbocycles. The highest BCUT2D eigenvalue weighted by molar-refractivity contribution is 5.98. The number of rotatable bonds is 6. The summed E-state index contributed by atoms with van der Waals surface area (Å²) in [7, 11) is 2.85. The van der Waals surface area contributed by atoms with Crippen molar-refractivity contribution in [2.75, 3.05) is 19.5 Å². The average Bonchev–Trinajstić information content (AvgIpc) is 2.57. The van der Waals surface area contributed by atoms with Gasteiger partial charge in [-0.25, -0.2) is 4.39 Å². The molecule has 0 unspecified atom stereocenters. The predicted molar refractivity (Wildman–Crippen MR) is 88.2 cm³/mol. The maximum absolute atomic E-state index is 14.1. The first-order valence-electron chi connectivity index (χ1n) is 7.34. The molecule has 0 heterocycles. The Labute approximate surface area is 140 Å². The van der Waals surface area contributed by atoms with Crippen molar-refractivity contribution < 1.29 is 23.8 Å². The predicted octanol–water partition coefficient (Wildman–Crippen LogP) is 3.18. The second-order valence-corrected chi connectivity index (χ2v) is 5.45. The van der Waals surface area contributed by atoms with Crippen LogP contribution in [-0.2, 0) is 26.5 Å². The van der Waals surface area contributed by atoms with Crippen LogP contribution in [0.15, 0.2) is 42.5 Å². The first-order valence-corrected chi connectivity index (χ1v) is 7.34. The molecule has 6 heteroatoms. The minimum Gasteiger partial charge on any atom is -0.508 e. The molecule has 0 aliphatic heterocycles. The Bertz CT molecular complexity index is 735. The number of carbonyl (C=O) groups is 1. The fourth-order valence-electron chi connectivity index (χ4n) is 2.39. The highest BCUT2D eigenvalue weighted by Gasteiger charge is 2.37. The summed E-state index contributed by atoms with van der Waals surface area (Å²) in [6, 6.07) is 10.5. The standard InChI is InChI=1S/C18H20FNO4/c1-18(24-3,14-6-4-5-7-15(14)19)17(22)20-16-9-8-13(21)10-12(16)11-23-2/h4-10,21H,11H2,1-3H3,(H,20,22)/t18-/m0/s1. The molecule has 0 radical (unpaired) electrons. The van der Waals surface area contributed by atoms with E-state index in [1.165, 1.54) is 45.4 Å². The molecule has 2 aromatic rings. The molecule has 2 aromatic carbocycles. The van der Waals surface area contributed by atoms with Crippen LogP contribution < -0.4 is 5.32 Å². The third-order valence-electron chi connectivity index (χ3n) is 3.87. The van der Waals surface area contributed by atoms with Crippen LogP contribution in [0.1, 0.15) is 18.1 Å². The Morgan fingerprint density at radius 2 is 1.96 bits per heavy atom. The summed E-state index contributed by atoms with van der Waals surface area (Å²) >= 11 is 0. The molecule has 24 heavy (non-hydrogen) atoms. The number of phenolic OH excluding ortho intramolecular Hbond substituents is 1. The van der Waals surface area contributed by atoms with Crippen LogP contribution in [0, 0.1) is 5.82 Å². The lowest BCUT2D eigenvalue weighted by atomic mass is 9.93. The smallest absolute Gasteiger partial charge is 0.261 e. The van der Waals surface area contributed by atoms with E-state index in [1.807, 2.05) is 0 Å². The normalized spacial score (nSPS) is 13.3. The van der Waals surface area contributed by atoms with Gasteiger partial charge in [-0.15, -0.1) is 0 Å². The zero-order chi connectivity index (χ0) is 17.7. The molecule has 128 valence electrons. The van der Waals surface area contributed by atoms with Crippen LogP contribution >= 0.6 is 0 Å². The number of hydrogen-bond donors (Lipinski definition) is 2. The summed E-state index contributed by atoms with van der Waals surface area (Å²) in [4.78, 5) is 12.8. The van der Waals surface area contributed by atoms with Crippen LogP contribution in [0.25, 0.3) is 0 Å². The number of nitrogens with one attached hydrogen (secondary N) is 1. The summed E-state index contributed by atoms with van der Waals surface area (Å²) in [6.07, 6.45) is 0. The van der Waals surface area contributed by atoms with Crippen molar-refractivity contribution in [2.45, 2.75) is 19.1 Å². The Balaban J connectivity index is 2.35. The number of benzene rings is 2. The fraction of sp³-hybridized carbons (Fsp3) is 0.278. The maximum atomic E-state index is 14.1. The number of hydrogen-bond acceptors (Lipinski definition) is 4. The van der Waals surface area contributed by atoms with Gasteiger partial charge in [0, 0.05) is 31.0 Å². The summed E-state index contributed by atoms with van der Waals surface area (Å²) in [5, 5.41) is 12.3. The van der Waals surface area contributed by atoms with E-state index >= 15 is 0 Å². The third kappa shape index (κ3) is 3.55. The Morgan fingerprint density at radius 1 is 1.25 bits per heavy atom. The maximum Gasteiger partial charge on any atom is 0.261 e. The number of amides is 1. The molecule has 5 nitrogen and oxygen atoms in total. The first kappa shape index (κ1) is 17.9. The van der Waals surface area contributed by atoms with E-state index in [9.17, 15) is 14.3 Å². The van der Waals surface area contributed by atoms with Crippen molar-refractivity contribution in [1.29, 1.82) is 0 Å². The van der Waals surface area contributed by atoms with Crippen molar-refractivity contribution in [2.24, 2.45) is 0 Å². The van der Waals surface area contributed by atoms with Gasteiger partial charge in [0.25, 0.3) is 5.91 Å². The zero-order valence-electron chi connectivity index (χ0n) is 13.8. The highest BCUT2D eigenvalue weighted by Crippen LogP contribution is 2.30. The van der Waals surface area contributed by atoms with Crippen molar-refractivity contribution in [1.82, 2.24) is 0 Å². The lowest BCUT2D eigenvalue weighted by Gasteiger charge is -2.28. The highest BCUT2D eigenvalue weighted by atomic mass is 19.1. The molecule has 2 rings (SSSR count). The molecule has 1 atom stereocenters. The summed E-state index contributed by atoms with van der Waals surface area (Å²) in [5.41, 5.74) is -0.317. The quantitative estimate of drug-likeness (QED) is 0.797. The number of methoxy groups -OCH3 is 2. The van der Waals surface area contributed by atoms with Crippen LogP contribution in [0.5, 0.6) is 5.75 Å². The molecule has 1 amide bonds. The van der Waals surface area contributed by atoms with Gasteiger partial charge in [0.2, 0.25) is 0 Å². The Hall–Kier alpha value is -2.44. The van der Waals surface area contributed by atoms with Crippen molar-refractivity contribution in [3.05, 3.63) is 59.4 Å². The van der Waals surface area contributed by atoms with Gasteiger partial charge in [-0.1, -0.05) is 18.2 Å². The molecular formula is C18H20FNO4. The average molecular weight is 333 g/mol. The lowest BCUT2D eigenvalue weighted by Crippen LogP contribution is -2.40. The van der Waals surface area contributed by atoms with E-state index in [4.69, 9.17) is 9.47 Å². The monoisotopic (exact) mass is 333 g/mol. The largest absolute Gasteiger partial charge is 0.508 e. The first-order chi connectivity index (χ1) is 11.4. The summed E-state index contributed by atoms with van der Waals surface area (Å²) < 4.78 is 24.5. The van der Waals surface area contributed by atoms with Crippen LogP contribution in [-0.4, -0.2) is 25.2 Å². The summed E-state index contributed by atoms with van der Waals surface area (Å²) in [5.74, 6) is -0.998.